The van der Waals surface area contributed by atoms with E-state index in [1.165, 1.54) is 12.4 Å². The molecule has 0 aromatic carbocycles. The molecule has 0 unspecified atom stereocenters. The average molecular weight is 246 g/mol. The van der Waals surface area contributed by atoms with E-state index >= 15 is 0 Å². The molecule has 0 fully saturated rings. The first-order valence-electron chi connectivity index (χ1n) is 3.34. The molecule has 14 heavy (non-hydrogen) atoms. The van der Waals surface area contributed by atoms with E-state index in [2.05, 4.69) is 9.97 Å². The number of aromatic nitrogens is 2. The van der Waals surface area contributed by atoms with Gasteiger partial charge in [0.25, 0.3) is 0 Å². The van der Waals surface area contributed by atoms with Crippen LogP contribution in [0.3, 0.4) is 0 Å². The van der Waals surface area contributed by atoms with Gasteiger partial charge in [-0.15, -0.1) is 5.98 Å². The molecule has 0 N–H and O–H groups in total. The van der Waals surface area contributed by atoms with Crippen LogP contribution in [-0.4, -0.2) is 16.9 Å². The average Bonchev–Trinajstić information content (AvgIpc) is 2.02. The maximum atomic E-state index is 11.7. The molecular weight excluding hydrogens is 242 g/mol. The molecule has 1 aromatic heterocycles. The molecule has 0 atom stereocenters. The van der Waals surface area contributed by atoms with Gasteiger partial charge in [0.2, 0.25) is 5.28 Å². The fourth-order valence-corrected chi connectivity index (χ4v) is 0.726. The minimum Gasteiger partial charge on any atom is -0.445 e. The Kier molecular flexibility index (Phi) is 6.51. The molecule has 0 aliphatic heterocycles. The van der Waals surface area contributed by atoms with Crippen LogP contribution < -0.4 is 51.4 Å². The van der Waals surface area contributed by atoms with Gasteiger partial charge < -0.3 is 12.9 Å². The normalized spacial score (nSPS) is 11.4. The first-order valence-corrected chi connectivity index (χ1v) is 3.72. The third-order valence-corrected chi connectivity index (χ3v) is 1.34. The van der Waals surface area contributed by atoms with Crippen molar-refractivity contribution < 1.29 is 64.3 Å². The van der Waals surface area contributed by atoms with Crippen LogP contribution >= 0.6 is 11.6 Å². The van der Waals surface area contributed by atoms with Crippen LogP contribution in [0.4, 0.5) is 12.9 Å². The van der Waals surface area contributed by atoms with E-state index in [9.17, 15) is 12.9 Å². The topological polar surface area (TPSA) is 25.8 Å². The van der Waals surface area contributed by atoms with E-state index < -0.39 is 6.98 Å². The van der Waals surface area contributed by atoms with Crippen LogP contribution in [0.15, 0.2) is 18.4 Å². The molecule has 0 saturated carbocycles. The van der Waals surface area contributed by atoms with Crippen LogP contribution in [0, 0.1) is 0 Å². The molecule has 0 aliphatic rings. The van der Waals surface area contributed by atoms with Crippen LogP contribution in [0.5, 0.6) is 0 Å². The van der Waals surface area contributed by atoms with Crippen LogP contribution in [0.1, 0.15) is 5.56 Å². The van der Waals surface area contributed by atoms with Gasteiger partial charge in [0.05, 0.1) is 0 Å². The molecule has 1 heterocycles. The Hall–Kier alpha value is 0.601. The summed E-state index contributed by atoms with van der Waals surface area (Å²) < 4.78 is 35.2. The molecule has 70 valence electrons. The minimum atomic E-state index is -4.91. The standard InChI is InChI=1S/C6H4BClF3N2.K/c8-6-12-3-5(4-13-6)1-2-7(9,10)11;/h1-4H;/q-1;+1/b2-1+;. The number of hydrogen-bond donors (Lipinski definition) is 0. The number of halogens is 4. The number of hydrogen-bond acceptors (Lipinski definition) is 2. The summed E-state index contributed by atoms with van der Waals surface area (Å²) in [6.07, 6.45) is 3.33. The zero-order valence-electron chi connectivity index (χ0n) is 7.29. The van der Waals surface area contributed by atoms with Gasteiger partial charge in [0, 0.05) is 18.0 Å². The summed E-state index contributed by atoms with van der Waals surface area (Å²) in [6, 6.07) is 0. The third kappa shape index (κ3) is 6.15. The van der Waals surface area contributed by atoms with Crippen LogP contribution in [-0.2, 0) is 0 Å². The summed E-state index contributed by atoms with van der Waals surface area (Å²) in [5.41, 5.74) is 0.267. The molecule has 0 amide bonds. The second-order valence-corrected chi connectivity index (χ2v) is 2.61. The molecular formula is C6H4BClF3KN2. The monoisotopic (exact) mass is 246 g/mol. The van der Waals surface area contributed by atoms with Crippen molar-refractivity contribution >= 4 is 24.7 Å². The zero-order valence-corrected chi connectivity index (χ0v) is 11.2. The van der Waals surface area contributed by atoms with Crippen molar-refractivity contribution in [3.63, 3.8) is 0 Å². The summed E-state index contributed by atoms with van der Waals surface area (Å²) in [5, 5.41) is 0.00895. The van der Waals surface area contributed by atoms with E-state index in [4.69, 9.17) is 11.6 Å². The van der Waals surface area contributed by atoms with Gasteiger partial charge in [-0.1, -0.05) is 6.08 Å². The maximum Gasteiger partial charge on any atom is 1.00 e. The van der Waals surface area contributed by atoms with Crippen LogP contribution in [0.2, 0.25) is 5.28 Å². The SMILES string of the molecule is F[B-](F)(F)/C=C/c1cnc(Cl)nc1.[K+]. The van der Waals surface area contributed by atoms with Gasteiger partial charge in [0.1, 0.15) is 0 Å². The van der Waals surface area contributed by atoms with Crippen molar-refractivity contribution in [3.05, 3.63) is 29.2 Å². The largest absolute Gasteiger partial charge is 1.00 e. The quantitative estimate of drug-likeness (QED) is 0.521. The van der Waals surface area contributed by atoms with Gasteiger partial charge in [-0.3, -0.25) is 0 Å². The molecule has 2 nitrogen and oxygen atoms in total. The van der Waals surface area contributed by atoms with Gasteiger partial charge in [-0.05, 0) is 11.6 Å². The smallest absolute Gasteiger partial charge is 0.445 e. The summed E-state index contributed by atoms with van der Waals surface area (Å²) >= 11 is 5.34. The Morgan fingerprint density at radius 1 is 1.21 bits per heavy atom. The Balaban J connectivity index is 0.00000169. The molecule has 0 bridgehead atoms. The van der Waals surface area contributed by atoms with Crippen molar-refractivity contribution in [2.24, 2.45) is 0 Å². The minimum absolute atomic E-state index is 0. The van der Waals surface area contributed by atoms with Gasteiger partial charge in [-0.2, -0.15) is 0 Å². The van der Waals surface area contributed by atoms with E-state index in [-0.39, 0.29) is 68.2 Å². The molecule has 8 heteroatoms. The first-order chi connectivity index (χ1) is 5.97. The summed E-state index contributed by atoms with van der Waals surface area (Å²) in [6.45, 7) is -4.91. The molecule has 0 spiro atoms. The van der Waals surface area contributed by atoms with E-state index in [0.717, 1.165) is 6.08 Å². The fraction of sp³-hybridized carbons (Fsp3) is 0. The second-order valence-electron chi connectivity index (χ2n) is 2.27. The third-order valence-electron chi connectivity index (χ3n) is 1.15. The Morgan fingerprint density at radius 3 is 2.14 bits per heavy atom. The Labute approximate surface area is 126 Å². The van der Waals surface area contributed by atoms with Crippen molar-refractivity contribution in [3.8, 4) is 0 Å². The predicted molar refractivity (Wildman–Crippen MR) is 45.2 cm³/mol. The molecule has 0 saturated heterocycles. The summed E-state index contributed by atoms with van der Waals surface area (Å²) in [7, 11) is 0. The maximum absolute atomic E-state index is 11.7. The van der Waals surface area contributed by atoms with E-state index in [1.54, 1.807) is 0 Å². The summed E-state index contributed by atoms with van der Waals surface area (Å²) in [5.74, 6) is 0.173. The first kappa shape index (κ1) is 14.6. The van der Waals surface area contributed by atoms with Crippen molar-refractivity contribution in [1.82, 2.24) is 9.97 Å². The molecule has 0 radical (unpaired) electrons. The zero-order chi connectivity index (χ0) is 9.90. The van der Waals surface area contributed by atoms with Crippen molar-refractivity contribution in [2.45, 2.75) is 0 Å². The predicted octanol–water partition coefficient (Wildman–Crippen LogP) is -0.466. The number of rotatable bonds is 2. The van der Waals surface area contributed by atoms with Gasteiger partial charge in [-0.25, -0.2) is 9.97 Å². The van der Waals surface area contributed by atoms with Crippen molar-refractivity contribution in [2.75, 3.05) is 0 Å². The molecule has 0 aliphatic carbocycles. The Bertz CT molecular complexity index is 314. The molecule has 1 aromatic rings. The van der Waals surface area contributed by atoms with Gasteiger partial charge in [0.15, 0.2) is 0 Å². The van der Waals surface area contributed by atoms with Gasteiger partial charge >= 0.3 is 58.4 Å². The van der Waals surface area contributed by atoms with Crippen LogP contribution in [0.25, 0.3) is 6.08 Å². The van der Waals surface area contributed by atoms with E-state index in [1.807, 2.05) is 0 Å². The number of nitrogens with zero attached hydrogens (tertiary/aromatic N) is 2. The fourth-order valence-electron chi connectivity index (χ4n) is 0.629. The Morgan fingerprint density at radius 2 is 1.71 bits per heavy atom. The molecule has 1 rings (SSSR count). The van der Waals surface area contributed by atoms with Crippen molar-refractivity contribution in [1.29, 1.82) is 0 Å². The summed E-state index contributed by atoms with van der Waals surface area (Å²) in [4.78, 5) is 7.04. The second kappa shape index (κ2) is 6.24. The van der Waals surface area contributed by atoms with E-state index in [0.29, 0.717) is 0 Å².